The molecule has 1 aliphatic heterocycles. The van der Waals surface area contributed by atoms with Crippen molar-refractivity contribution in [2.24, 2.45) is 0 Å². The number of hydrogen-bond donors (Lipinski definition) is 1. The second kappa shape index (κ2) is 10.2. The highest BCUT2D eigenvalue weighted by Gasteiger charge is 2.29. The minimum Gasteiger partial charge on any atom is -0.496 e. The predicted molar refractivity (Wildman–Crippen MR) is 109 cm³/mol. The SMILES string of the molecule is COc1ccccc1CCC(=O)N1CCNCC1c1ccccc1OC.Cl. The van der Waals surface area contributed by atoms with Crippen molar-refractivity contribution in [1.29, 1.82) is 0 Å². The highest BCUT2D eigenvalue weighted by atomic mass is 35.5. The number of amides is 1. The van der Waals surface area contributed by atoms with Crippen LogP contribution < -0.4 is 14.8 Å². The molecule has 1 aliphatic rings. The second-order valence-electron chi connectivity index (χ2n) is 6.36. The van der Waals surface area contributed by atoms with Gasteiger partial charge in [0.15, 0.2) is 0 Å². The molecule has 27 heavy (non-hydrogen) atoms. The van der Waals surface area contributed by atoms with Crippen LogP contribution in [0.4, 0.5) is 0 Å². The van der Waals surface area contributed by atoms with E-state index in [1.54, 1.807) is 14.2 Å². The molecule has 146 valence electrons. The average molecular weight is 391 g/mol. The summed E-state index contributed by atoms with van der Waals surface area (Å²) in [7, 11) is 3.33. The first-order valence-electron chi connectivity index (χ1n) is 8.99. The Kier molecular flexibility index (Phi) is 7.95. The molecule has 2 aromatic carbocycles. The number of carbonyl (C=O) groups is 1. The number of halogens is 1. The van der Waals surface area contributed by atoms with Crippen molar-refractivity contribution < 1.29 is 14.3 Å². The zero-order valence-electron chi connectivity index (χ0n) is 15.8. The smallest absolute Gasteiger partial charge is 0.223 e. The lowest BCUT2D eigenvalue weighted by atomic mass is 10.0. The van der Waals surface area contributed by atoms with Crippen LogP contribution in [-0.2, 0) is 11.2 Å². The van der Waals surface area contributed by atoms with Crippen molar-refractivity contribution in [3.8, 4) is 11.5 Å². The lowest BCUT2D eigenvalue weighted by Gasteiger charge is -2.37. The molecule has 1 amide bonds. The van der Waals surface area contributed by atoms with Crippen LogP contribution in [0, 0.1) is 0 Å². The van der Waals surface area contributed by atoms with Gasteiger partial charge in [0.2, 0.25) is 5.91 Å². The highest BCUT2D eigenvalue weighted by molar-refractivity contribution is 5.85. The van der Waals surface area contributed by atoms with Crippen molar-refractivity contribution in [1.82, 2.24) is 10.2 Å². The molecule has 5 nitrogen and oxygen atoms in total. The van der Waals surface area contributed by atoms with Crippen LogP contribution in [0.2, 0.25) is 0 Å². The van der Waals surface area contributed by atoms with Crippen LogP contribution >= 0.6 is 12.4 Å². The largest absolute Gasteiger partial charge is 0.496 e. The molecule has 1 unspecified atom stereocenters. The van der Waals surface area contributed by atoms with Crippen LogP contribution in [0.3, 0.4) is 0 Å². The summed E-state index contributed by atoms with van der Waals surface area (Å²) in [6.07, 6.45) is 1.14. The van der Waals surface area contributed by atoms with Gasteiger partial charge < -0.3 is 19.7 Å². The van der Waals surface area contributed by atoms with E-state index in [1.807, 2.05) is 53.4 Å². The quantitative estimate of drug-likeness (QED) is 0.822. The maximum atomic E-state index is 13.0. The number of ether oxygens (including phenoxy) is 2. The number of benzene rings is 2. The number of nitrogens with zero attached hydrogens (tertiary/aromatic N) is 1. The number of rotatable bonds is 6. The van der Waals surface area contributed by atoms with E-state index in [-0.39, 0.29) is 24.4 Å². The third-order valence-corrected chi connectivity index (χ3v) is 4.86. The van der Waals surface area contributed by atoms with Gasteiger partial charge in [-0.15, -0.1) is 12.4 Å². The minimum atomic E-state index is -0.00920. The molecule has 1 N–H and O–H groups in total. The van der Waals surface area contributed by atoms with Gasteiger partial charge in [0.25, 0.3) is 0 Å². The van der Waals surface area contributed by atoms with E-state index in [0.29, 0.717) is 19.4 Å². The van der Waals surface area contributed by atoms with Crippen molar-refractivity contribution in [2.45, 2.75) is 18.9 Å². The summed E-state index contributed by atoms with van der Waals surface area (Å²) in [6.45, 7) is 2.25. The van der Waals surface area contributed by atoms with E-state index in [9.17, 15) is 4.79 Å². The van der Waals surface area contributed by atoms with Crippen LogP contribution in [0.1, 0.15) is 23.6 Å². The van der Waals surface area contributed by atoms with Gasteiger partial charge in [-0.3, -0.25) is 4.79 Å². The molecule has 2 aromatic rings. The number of piperazine rings is 1. The Labute approximate surface area is 167 Å². The van der Waals surface area contributed by atoms with Crippen molar-refractivity contribution in [3.63, 3.8) is 0 Å². The van der Waals surface area contributed by atoms with Crippen LogP contribution in [0.5, 0.6) is 11.5 Å². The van der Waals surface area contributed by atoms with Gasteiger partial charge in [0.1, 0.15) is 11.5 Å². The predicted octanol–water partition coefficient (Wildman–Crippen LogP) is 3.23. The molecular weight excluding hydrogens is 364 g/mol. The fourth-order valence-corrected chi connectivity index (χ4v) is 3.52. The Morgan fingerprint density at radius 2 is 1.74 bits per heavy atom. The number of methoxy groups -OCH3 is 2. The van der Waals surface area contributed by atoms with Gasteiger partial charge in [0.05, 0.1) is 20.3 Å². The summed E-state index contributed by atoms with van der Waals surface area (Å²) < 4.78 is 10.9. The Morgan fingerprint density at radius 3 is 2.48 bits per heavy atom. The van der Waals surface area contributed by atoms with Gasteiger partial charge >= 0.3 is 0 Å². The summed E-state index contributed by atoms with van der Waals surface area (Å²) in [5, 5.41) is 3.39. The molecule has 6 heteroatoms. The van der Waals surface area contributed by atoms with E-state index in [4.69, 9.17) is 9.47 Å². The Balaban J connectivity index is 0.00000261. The Hall–Kier alpha value is -2.24. The molecule has 0 saturated carbocycles. The second-order valence-corrected chi connectivity index (χ2v) is 6.36. The van der Waals surface area contributed by atoms with Crippen molar-refractivity contribution >= 4 is 18.3 Å². The Morgan fingerprint density at radius 1 is 1.07 bits per heavy atom. The molecule has 0 radical (unpaired) electrons. The lowest BCUT2D eigenvalue weighted by molar-refractivity contribution is -0.134. The first kappa shape index (κ1) is 21.1. The Bertz CT molecular complexity index is 754. The lowest BCUT2D eigenvalue weighted by Crippen LogP contribution is -2.48. The molecule has 1 saturated heterocycles. The summed E-state index contributed by atoms with van der Waals surface area (Å²) in [5.41, 5.74) is 2.11. The van der Waals surface area contributed by atoms with E-state index in [2.05, 4.69) is 5.32 Å². The number of hydrogen-bond acceptors (Lipinski definition) is 4. The van der Waals surface area contributed by atoms with Crippen molar-refractivity contribution in [3.05, 3.63) is 59.7 Å². The maximum Gasteiger partial charge on any atom is 0.223 e. The third-order valence-electron chi connectivity index (χ3n) is 4.86. The monoisotopic (exact) mass is 390 g/mol. The van der Waals surface area contributed by atoms with E-state index in [0.717, 1.165) is 35.7 Å². The molecule has 0 aromatic heterocycles. The minimum absolute atomic E-state index is 0. The maximum absolute atomic E-state index is 13.0. The number of carbonyl (C=O) groups excluding carboxylic acids is 1. The zero-order chi connectivity index (χ0) is 18.4. The van der Waals surface area contributed by atoms with E-state index >= 15 is 0 Å². The van der Waals surface area contributed by atoms with Gasteiger partial charge in [-0.2, -0.15) is 0 Å². The molecule has 1 heterocycles. The molecule has 0 bridgehead atoms. The number of aryl methyl sites for hydroxylation is 1. The van der Waals surface area contributed by atoms with E-state index in [1.165, 1.54) is 0 Å². The van der Waals surface area contributed by atoms with Crippen LogP contribution in [0.15, 0.2) is 48.5 Å². The molecule has 0 aliphatic carbocycles. The molecular formula is C21H27ClN2O3. The van der Waals surface area contributed by atoms with Crippen LogP contribution in [-0.4, -0.2) is 44.7 Å². The first-order valence-corrected chi connectivity index (χ1v) is 8.99. The summed E-state index contributed by atoms with van der Waals surface area (Å²) in [6, 6.07) is 15.8. The molecule has 3 rings (SSSR count). The van der Waals surface area contributed by atoms with E-state index < -0.39 is 0 Å². The van der Waals surface area contributed by atoms with Gasteiger partial charge in [-0.05, 0) is 24.1 Å². The van der Waals surface area contributed by atoms with Crippen LogP contribution in [0.25, 0.3) is 0 Å². The topological polar surface area (TPSA) is 50.8 Å². The summed E-state index contributed by atoms with van der Waals surface area (Å²) in [4.78, 5) is 14.9. The van der Waals surface area contributed by atoms with Gasteiger partial charge in [-0.1, -0.05) is 36.4 Å². The third kappa shape index (κ3) is 4.93. The first-order chi connectivity index (χ1) is 12.7. The fraction of sp³-hybridized carbons (Fsp3) is 0.381. The normalized spacial score (nSPS) is 16.4. The standard InChI is InChI=1S/C21H26N2O3.ClH/c1-25-19-9-5-3-7-16(19)11-12-21(24)23-14-13-22-15-18(23)17-8-4-6-10-20(17)26-2;/h3-10,18,22H,11-15H2,1-2H3;1H. The number of para-hydroxylation sites is 2. The molecule has 1 atom stereocenters. The molecule has 1 fully saturated rings. The van der Waals surface area contributed by atoms with Gasteiger partial charge in [0, 0.05) is 31.6 Å². The average Bonchev–Trinajstić information content (AvgIpc) is 2.72. The fourth-order valence-electron chi connectivity index (χ4n) is 3.52. The van der Waals surface area contributed by atoms with Crippen molar-refractivity contribution in [2.75, 3.05) is 33.9 Å². The summed E-state index contributed by atoms with van der Waals surface area (Å²) in [5.74, 6) is 1.82. The highest BCUT2D eigenvalue weighted by Crippen LogP contribution is 2.31. The summed E-state index contributed by atoms with van der Waals surface area (Å²) >= 11 is 0. The molecule has 0 spiro atoms. The number of nitrogens with one attached hydrogen (secondary N) is 1. The zero-order valence-corrected chi connectivity index (χ0v) is 16.6. The van der Waals surface area contributed by atoms with Gasteiger partial charge in [-0.25, -0.2) is 0 Å².